The van der Waals surface area contributed by atoms with E-state index in [1.54, 1.807) is 6.08 Å². The lowest BCUT2D eigenvalue weighted by atomic mass is 10.1. The van der Waals surface area contributed by atoms with Gasteiger partial charge in [0.25, 0.3) is 0 Å². The number of carbonyl (C=O) groups excluding carboxylic acids is 1. The van der Waals surface area contributed by atoms with Crippen LogP contribution in [0.15, 0.2) is 41.5 Å². The molecule has 94 valence electrons. The summed E-state index contributed by atoms with van der Waals surface area (Å²) in [6, 6.07) is 8.02. The number of aromatic carboxylic acids is 1. The van der Waals surface area contributed by atoms with Crippen molar-refractivity contribution in [3.05, 3.63) is 57.5 Å². The van der Waals surface area contributed by atoms with Gasteiger partial charge >= 0.3 is 5.97 Å². The van der Waals surface area contributed by atoms with Crippen LogP contribution in [0.3, 0.4) is 0 Å². The van der Waals surface area contributed by atoms with Crippen LogP contribution in [0.4, 0.5) is 0 Å². The number of hydrogen-bond donors (Lipinski definition) is 1. The molecule has 3 rings (SSSR count). The molecule has 0 fully saturated rings. The van der Waals surface area contributed by atoms with Crippen LogP contribution in [0.5, 0.6) is 5.75 Å². The number of allylic oxidation sites excluding steroid dienone is 1. The molecule has 1 N–H and O–H groups in total. The molecular formula is C14H8O4S. The van der Waals surface area contributed by atoms with Crippen molar-refractivity contribution in [2.75, 3.05) is 0 Å². The van der Waals surface area contributed by atoms with E-state index in [0.29, 0.717) is 11.3 Å². The van der Waals surface area contributed by atoms with Crippen molar-refractivity contribution in [1.29, 1.82) is 0 Å². The van der Waals surface area contributed by atoms with Gasteiger partial charge in [-0.3, -0.25) is 4.79 Å². The van der Waals surface area contributed by atoms with Crippen LogP contribution in [0.25, 0.3) is 6.08 Å². The Balaban J connectivity index is 2.00. The normalized spacial score (nSPS) is 15.4. The molecule has 0 atom stereocenters. The molecular weight excluding hydrogens is 264 g/mol. The van der Waals surface area contributed by atoms with Crippen LogP contribution in [-0.2, 0) is 0 Å². The minimum atomic E-state index is -1.06. The molecule has 1 aliphatic rings. The molecule has 0 amide bonds. The van der Waals surface area contributed by atoms with E-state index in [2.05, 4.69) is 0 Å². The minimum Gasteiger partial charge on any atom is -0.478 e. The number of Topliss-reactive ketones (excluding diaryl/α,β-unsaturated/α-hetero) is 1. The van der Waals surface area contributed by atoms with E-state index in [9.17, 15) is 9.59 Å². The largest absolute Gasteiger partial charge is 0.478 e. The second-order valence-electron chi connectivity index (χ2n) is 3.97. The zero-order chi connectivity index (χ0) is 13.4. The van der Waals surface area contributed by atoms with Crippen LogP contribution >= 0.6 is 11.3 Å². The van der Waals surface area contributed by atoms with Gasteiger partial charge in [-0.1, -0.05) is 6.07 Å². The predicted molar refractivity (Wildman–Crippen MR) is 70.7 cm³/mol. The van der Waals surface area contributed by atoms with Gasteiger partial charge < -0.3 is 9.84 Å². The molecule has 0 bridgehead atoms. The fraction of sp³-hybridized carbons (Fsp3) is 0. The molecule has 0 radical (unpaired) electrons. The summed E-state index contributed by atoms with van der Waals surface area (Å²) in [4.78, 5) is 23.9. The zero-order valence-corrected chi connectivity index (χ0v) is 10.4. The fourth-order valence-electron chi connectivity index (χ4n) is 1.82. The van der Waals surface area contributed by atoms with Gasteiger partial charge in [0, 0.05) is 11.0 Å². The van der Waals surface area contributed by atoms with Gasteiger partial charge in [-0.15, -0.1) is 11.3 Å². The third kappa shape index (κ3) is 2.04. The quantitative estimate of drug-likeness (QED) is 0.853. The molecule has 0 unspecified atom stereocenters. The Labute approximate surface area is 112 Å². The summed E-state index contributed by atoms with van der Waals surface area (Å²) in [5.74, 6) is -0.726. The third-order valence-corrected chi connectivity index (χ3v) is 3.55. The molecule has 2 aromatic rings. The second kappa shape index (κ2) is 4.37. The van der Waals surface area contributed by atoms with E-state index in [1.807, 2.05) is 17.5 Å². The van der Waals surface area contributed by atoms with Gasteiger partial charge in [0.1, 0.15) is 5.75 Å². The summed E-state index contributed by atoms with van der Waals surface area (Å²) in [5.41, 5.74) is 0.371. The van der Waals surface area contributed by atoms with Gasteiger partial charge in [0.2, 0.25) is 5.78 Å². The highest BCUT2D eigenvalue weighted by Crippen LogP contribution is 2.33. The van der Waals surface area contributed by atoms with E-state index in [4.69, 9.17) is 9.84 Å². The number of fused-ring (bicyclic) bond motifs is 1. The maximum absolute atomic E-state index is 12.1. The highest BCUT2D eigenvalue weighted by atomic mass is 32.1. The van der Waals surface area contributed by atoms with Crippen molar-refractivity contribution in [2.24, 2.45) is 0 Å². The highest BCUT2D eigenvalue weighted by molar-refractivity contribution is 7.10. The number of rotatable bonds is 2. The van der Waals surface area contributed by atoms with Crippen molar-refractivity contribution in [3.8, 4) is 5.75 Å². The van der Waals surface area contributed by atoms with E-state index < -0.39 is 5.97 Å². The summed E-state index contributed by atoms with van der Waals surface area (Å²) < 4.78 is 5.45. The number of ether oxygens (including phenoxy) is 1. The smallest absolute Gasteiger partial charge is 0.335 e. The number of carboxylic acid groups (broad SMARTS) is 1. The van der Waals surface area contributed by atoms with Crippen molar-refractivity contribution < 1.29 is 19.4 Å². The van der Waals surface area contributed by atoms with Crippen LogP contribution < -0.4 is 4.74 Å². The van der Waals surface area contributed by atoms with E-state index in [-0.39, 0.29) is 17.1 Å². The second-order valence-corrected chi connectivity index (χ2v) is 4.95. The summed E-state index contributed by atoms with van der Waals surface area (Å²) in [6.07, 6.45) is 1.66. The van der Waals surface area contributed by atoms with E-state index in [0.717, 1.165) is 4.88 Å². The molecule has 1 aromatic carbocycles. The maximum atomic E-state index is 12.1. The highest BCUT2D eigenvalue weighted by Gasteiger charge is 2.28. The van der Waals surface area contributed by atoms with Gasteiger partial charge in [0.15, 0.2) is 5.76 Å². The monoisotopic (exact) mass is 272 g/mol. The number of thiophene rings is 1. The number of carboxylic acids is 1. The molecule has 5 heteroatoms. The van der Waals surface area contributed by atoms with Crippen molar-refractivity contribution in [3.63, 3.8) is 0 Å². The molecule has 19 heavy (non-hydrogen) atoms. The Kier molecular flexibility index (Phi) is 2.68. The summed E-state index contributed by atoms with van der Waals surface area (Å²) in [7, 11) is 0. The molecule has 0 saturated heterocycles. The Morgan fingerprint density at radius 1 is 1.32 bits per heavy atom. The average Bonchev–Trinajstić information content (AvgIpc) is 2.99. The first-order valence-electron chi connectivity index (χ1n) is 5.50. The lowest BCUT2D eigenvalue weighted by Crippen LogP contribution is -2.00. The molecule has 0 saturated carbocycles. The fourth-order valence-corrected chi connectivity index (χ4v) is 2.47. The number of benzene rings is 1. The van der Waals surface area contributed by atoms with Crippen LogP contribution in [-0.4, -0.2) is 16.9 Å². The van der Waals surface area contributed by atoms with E-state index in [1.165, 1.54) is 29.5 Å². The number of ketones is 1. The third-order valence-electron chi connectivity index (χ3n) is 2.73. The summed E-state index contributed by atoms with van der Waals surface area (Å²) >= 11 is 1.50. The van der Waals surface area contributed by atoms with Crippen LogP contribution in [0.2, 0.25) is 0 Å². The number of hydrogen-bond acceptors (Lipinski definition) is 4. The summed E-state index contributed by atoms with van der Waals surface area (Å²) in [5, 5.41) is 10.8. The van der Waals surface area contributed by atoms with Gasteiger partial charge in [0.05, 0.1) is 11.1 Å². The van der Waals surface area contributed by atoms with Crippen molar-refractivity contribution >= 4 is 29.2 Å². The van der Waals surface area contributed by atoms with E-state index >= 15 is 0 Å². The zero-order valence-electron chi connectivity index (χ0n) is 9.62. The maximum Gasteiger partial charge on any atom is 0.335 e. The SMILES string of the molecule is O=C(O)c1ccc2c(c1)C(=O)/C(=C/c1cccs1)O2. The van der Waals surface area contributed by atoms with Crippen molar-refractivity contribution in [2.45, 2.75) is 0 Å². The van der Waals surface area contributed by atoms with Crippen molar-refractivity contribution in [1.82, 2.24) is 0 Å². The minimum absolute atomic E-state index is 0.0769. The lowest BCUT2D eigenvalue weighted by Gasteiger charge is -1.97. The molecule has 4 nitrogen and oxygen atoms in total. The lowest BCUT2D eigenvalue weighted by molar-refractivity contribution is 0.0697. The first-order chi connectivity index (χ1) is 9.15. The topological polar surface area (TPSA) is 63.6 Å². The number of carbonyl (C=O) groups is 2. The van der Waals surface area contributed by atoms with Crippen LogP contribution in [0.1, 0.15) is 25.6 Å². The average molecular weight is 272 g/mol. The molecule has 1 aromatic heterocycles. The van der Waals surface area contributed by atoms with Crippen LogP contribution in [0, 0.1) is 0 Å². The predicted octanol–water partition coefficient (Wildman–Crippen LogP) is 3.06. The molecule has 2 heterocycles. The molecule has 0 aliphatic carbocycles. The first-order valence-corrected chi connectivity index (χ1v) is 6.38. The van der Waals surface area contributed by atoms with Gasteiger partial charge in [-0.05, 0) is 29.6 Å². The standard InChI is InChI=1S/C14H8O4S/c15-13-10-6-8(14(16)17)3-4-11(10)18-12(13)7-9-2-1-5-19-9/h1-7H,(H,16,17)/b12-7-. The Hall–Kier alpha value is -2.40. The Morgan fingerprint density at radius 3 is 2.84 bits per heavy atom. The summed E-state index contributed by atoms with van der Waals surface area (Å²) in [6.45, 7) is 0. The Morgan fingerprint density at radius 2 is 2.16 bits per heavy atom. The molecule has 1 aliphatic heterocycles. The van der Waals surface area contributed by atoms with Gasteiger partial charge in [-0.25, -0.2) is 4.79 Å². The molecule has 0 spiro atoms. The first kappa shape index (κ1) is 11.7. The Bertz CT molecular complexity index is 698. The van der Waals surface area contributed by atoms with Gasteiger partial charge in [-0.2, -0.15) is 0 Å².